The Bertz CT molecular complexity index is 3030. The highest BCUT2D eigenvalue weighted by Gasteiger charge is 2.29. The van der Waals surface area contributed by atoms with Crippen LogP contribution in [0.5, 0.6) is 17.2 Å². The molecule has 0 aliphatic rings. The van der Waals surface area contributed by atoms with Crippen molar-refractivity contribution in [1.29, 1.82) is 0 Å². The van der Waals surface area contributed by atoms with Crippen molar-refractivity contribution < 1.29 is 14.0 Å². The molecule has 1 atom stereocenters. The lowest BCUT2D eigenvalue weighted by molar-refractivity contribution is 0.415. The van der Waals surface area contributed by atoms with Gasteiger partial charge in [-0.1, -0.05) is 133 Å². The van der Waals surface area contributed by atoms with Crippen molar-refractivity contribution in [2.24, 2.45) is 0 Å². The third kappa shape index (κ3) is 8.59. The number of para-hydroxylation sites is 2. The van der Waals surface area contributed by atoms with Crippen molar-refractivity contribution >= 4 is 57.2 Å². The van der Waals surface area contributed by atoms with Crippen molar-refractivity contribution in [3.8, 4) is 28.4 Å². The summed E-state index contributed by atoms with van der Waals surface area (Å²) >= 11 is 0. The van der Waals surface area contributed by atoms with Crippen LogP contribution in [0, 0.1) is 20.8 Å². The molecule has 0 N–H and O–H groups in total. The first-order chi connectivity index (χ1) is 31.3. The van der Waals surface area contributed by atoms with E-state index in [0.29, 0.717) is 11.5 Å². The van der Waals surface area contributed by atoms with Crippen LogP contribution in [0.1, 0.15) is 16.7 Å². The van der Waals surface area contributed by atoms with Gasteiger partial charge in [0.25, 0.3) is 0 Å². The molecule has 0 saturated heterocycles. The maximum Gasteiger partial charge on any atom is 0.171 e. The highest BCUT2D eigenvalue weighted by atomic mass is 31.2. The average Bonchev–Trinajstić information content (AvgIpc) is 3.35. The lowest BCUT2D eigenvalue weighted by Crippen LogP contribution is -2.24. The van der Waals surface area contributed by atoms with Gasteiger partial charge in [-0.25, -0.2) is 0 Å². The Hall–Kier alpha value is -7.59. The van der Waals surface area contributed by atoms with E-state index in [2.05, 4.69) is 145 Å². The molecule has 9 rings (SSSR count). The summed E-state index contributed by atoms with van der Waals surface area (Å²) in [5.41, 5.74) is 11.9. The Balaban J connectivity index is 0.998. The summed E-state index contributed by atoms with van der Waals surface area (Å²) in [5, 5.41) is 2.36. The van der Waals surface area contributed by atoms with Gasteiger partial charge in [-0.2, -0.15) is 0 Å². The third-order valence-corrected chi connectivity index (χ3v) is 14.7. The molecule has 0 aliphatic heterocycles. The zero-order chi connectivity index (χ0) is 44.0. The molecule has 9 aromatic carbocycles. The van der Waals surface area contributed by atoms with Gasteiger partial charge in [-0.05, 0) is 128 Å². The zero-order valence-electron chi connectivity index (χ0n) is 36.4. The number of ether oxygens (including phenoxy) is 2. The van der Waals surface area contributed by atoms with Gasteiger partial charge in [0.1, 0.15) is 17.2 Å². The molecule has 0 aliphatic carbocycles. The van der Waals surface area contributed by atoms with Gasteiger partial charge in [0, 0.05) is 50.8 Å². The first-order valence-electron chi connectivity index (χ1n) is 21.5. The predicted molar refractivity (Wildman–Crippen MR) is 268 cm³/mol. The van der Waals surface area contributed by atoms with E-state index in [1.54, 1.807) is 7.11 Å². The van der Waals surface area contributed by atoms with Crippen LogP contribution >= 0.6 is 7.14 Å². The molecule has 5 nitrogen and oxygen atoms in total. The van der Waals surface area contributed by atoms with Crippen LogP contribution < -0.4 is 35.2 Å². The van der Waals surface area contributed by atoms with Crippen molar-refractivity contribution in [1.82, 2.24) is 0 Å². The smallest absolute Gasteiger partial charge is 0.171 e. The van der Waals surface area contributed by atoms with Crippen LogP contribution in [0.2, 0.25) is 0 Å². The van der Waals surface area contributed by atoms with Gasteiger partial charge < -0.3 is 23.8 Å². The predicted octanol–water partition coefficient (Wildman–Crippen LogP) is 14.7. The van der Waals surface area contributed by atoms with Crippen LogP contribution in [-0.4, -0.2) is 7.11 Å². The maximum atomic E-state index is 15.0. The van der Waals surface area contributed by atoms with Gasteiger partial charge in [0.2, 0.25) is 0 Å². The zero-order valence-corrected chi connectivity index (χ0v) is 37.3. The number of aryl methyl sites for hydroxylation is 3. The van der Waals surface area contributed by atoms with E-state index in [0.717, 1.165) is 83.6 Å². The summed E-state index contributed by atoms with van der Waals surface area (Å²) in [5.74, 6) is 2.17. The molecule has 314 valence electrons. The topological polar surface area (TPSA) is 42.0 Å². The molecule has 0 radical (unpaired) electrons. The van der Waals surface area contributed by atoms with Crippen molar-refractivity contribution in [2.75, 3.05) is 16.9 Å². The van der Waals surface area contributed by atoms with Gasteiger partial charge in [-0.15, -0.1) is 0 Å². The summed E-state index contributed by atoms with van der Waals surface area (Å²) in [4.78, 5) is 4.54. The average molecular weight is 853 g/mol. The minimum absolute atomic E-state index is 0.661. The van der Waals surface area contributed by atoms with Gasteiger partial charge >= 0.3 is 0 Å². The molecule has 64 heavy (non-hydrogen) atoms. The monoisotopic (exact) mass is 852 g/mol. The number of hydrogen-bond acceptors (Lipinski definition) is 5. The summed E-state index contributed by atoms with van der Waals surface area (Å²) in [6.07, 6.45) is 0. The Morgan fingerprint density at radius 2 is 0.750 bits per heavy atom. The highest BCUT2D eigenvalue weighted by molar-refractivity contribution is 7.85. The molecule has 0 fully saturated rings. The van der Waals surface area contributed by atoms with E-state index >= 15 is 4.57 Å². The van der Waals surface area contributed by atoms with E-state index in [1.165, 1.54) is 0 Å². The molecule has 1 unspecified atom stereocenters. The van der Waals surface area contributed by atoms with Crippen LogP contribution in [0.4, 0.5) is 34.1 Å². The van der Waals surface area contributed by atoms with E-state index in [4.69, 9.17) is 9.47 Å². The number of benzene rings is 9. The van der Waals surface area contributed by atoms with Crippen molar-refractivity contribution in [3.63, 3.8) is 0 Å². The first kappa shape index (κ1) is 41.7. The Labute approximate surface area is 376 Å². The summed E-state index contributed by atoms with van der Waals surface area (Å²) in [6.45, 7) is 6.29. The van der Waals surface area contributed by atoms with Gasteiger partial charge in [0.15, 0.2) is 7.14 Å². The molecule has 9 aromatic rings. The van der Waals surface area contributed by atoms with E-state index in [9.17, 15) is 0 Å². The second kappa shape index (κ2) is 18.4. The molecular weight excluding hydrogens is 804 g/mol. The summed E-state index contributed by atoms with van der Waals surface area (Å²) in [6, 6.07) is 76.1. The van der Waals surface area contributed by atoms with Crippen LogP contribution in [0.3, 0.4) is 0 Å². The fourth-order valence-corrected chi connectivity index (χ4v) is 10.8. The standard InChI is InChI=1S/C58H49N2O3P/c1-42-20-36-55(37-21-42)64(61,54-18-12-7-13-19-54)56-38-34-51(35-39-56)63-53-33-23-44(3)58(41-53)60(48-16-10-6-11-17-48)50-30-26-46(27-31-50)45-24-28-49(29-25-45)59(47-14-8-5-9-15-47)57-40-52(62-4)32-22-43(57)2/h5-41H,1-4H3. The first-order valence-corrected chi connectivity index (χ1v) is 23.2. The van der Waals surface area contributed by atoms with E-state index < -0.39 is 7.14 Å². The molecule has 0 heterocycles. The quantitative estimate of drug-likeness (QED) is 0.108. The molecule has 0 spiro atoms. The molecule has 6 heteroatoms. The third-order valence-electron chi connectivity index (χ3n) is 11.6. The normalized spacial score (nSPS) is 11.9. The molecule has 0 saturated carbocycles. The molecule has 0 bridgehead atoms. The molecule has 0 amide bonds. The Morgan fingerprint density at radius 1 is 0.375 bits per heavy atom. The maximum absolute atomic E-state index is 15.0. The van der Waals surface area contributed by atoms with Crippen LogP contribution in [0.25, 0.3) is 11.1 Å². The number of methoxy groups -OCH3 is 1. The lowest BCUT2D eigenvalue weighted by Gasteiger charge is -2.28. The number of rotatable bonds is 13. The van der Waals surface area contributed by atoms with Crippen molar-refractivity contribution in [2.45, 2.75) is 20.8 Å². The minimum Gasteiger partial charge on any atom is -0.497 e. The lowest BCUT2D eigenvalue weighted by atomic mass is 10.0. The van der Waals surface area contributed by atoms with E-state index in [-0.39, 0.29) is 0 Å². The Morgan fingerprint density at radius 3 is 1.22 bits per heavy atom. The second-order valence-electron chi connectivity index (χ2n) is 15.9. The van der Waals surface area contributed by atoms with Crippen molar-refractivity contribution in [3.05, 3.63) is 241 Å². The number of anilines is 6. The largest absolute Gasteiger partial charge is 0.497 e. The summed E-state index contributed by atoms with van der Waals surface area (Å²) < 4.78 is 27.2. The SMILES string of the molecule is COc1ccc(C)c(N(c2ccccc2)c2ccc(-c3ccc(N(c4ccccc4)c4cc(Oc5ccc(P(=O)(c6ccccc6)c6ccc(C)cc6)cc5)ccc4C)cc3)cc2)c1. The van der Waals surface area contributed by atoms with Crippen LogP contribution in [-0.2, 0) is 4.57 Å². The fraction of sp³-hybridized carbons (Fsp3) is 0.0690. The number of nitrogens with zero attached hydrogens (tertiary/aromatic N) is 2. The van der Waals surface area contributed by atoms with E-state index in [1.807, 2.05) is 110 Å². The highest BCUT2D eigenvalue weighted by Crippen LogP contribution is 2.44. The number of hydrogen-bond donors (Lipinski definition) is 0. The second-order valence-corrected chi connectivity index (χ2v) is 18.7. The van der Waals surface area contributed by atoms with Crippen LogP contribution in [0.15, 0.2) is 224 Å². The van der Waals surface area contributed by atoms with Gasteiger partial charge in [0.05, 0.1) is 18.5 Å². The minimum atomic E-state index is -3.12. The molecule has 0 aromatic heterocycles. The Kier molecular flexibility index (Phi) is 12.0. The van der Waals surface area contributed by atoms with Gasteiger partial charge in [-0.3, -0.25) is 0 Å². The fourth-order valence-electron chi connectivity index (χ4n) is 8.17. The molecular formula is C58H49N2O3P. The summed E-state index contributed by atoms with van der Waals surface area (Å²) in [7, 11) is -1.42.